The van der Waals surface area contributed by atoms with Gasteiger partial charge in [0.25, 0.3) is 0 Å². The summed E-state index contributed by atoms with van der Waals surface area (Å²) in [6.45, 7) is 2.05. The van der Waals surface area contributed by atoms with Crippen LogP contribution in [0.1, 0.15) is 42.7 Å². The van der Waals surface area contributed by atoms with E-state index >= 15 is 0 Å². The zero-order chi connectivity index (χ0) is 28.9. The summed E-state index contributed by atoms with van der Waals surface area (Å²) in [5.41, 5.74) is 3.48. The quantitative estimate of drug-likeness (QED) is 0.271. The van der Waals surface area contributed by atoms with Crippen LogP contribution in [0.15, 0.2) is 89.1 Å². The number of carbonyl (C=O) groups is 2. The average Bonchev–Trinajstić information content (AvgIpc) is 2.99. The molecule has 0 fully saturated rings. The fraction of sp³-hybridized carbons (Fsp3) is 0.303. The Labute approximate surface area is 239 Å². The SMILES string of the molecule is COc1ccc([C@@H]2CC(=O)C3=C(C2)N=C(C)C(C(=O)OCCOc2ccccc2)[C@@H]3c2ccc(O)cc2)cc1OC. The van der Waals surface area contributed by atoms with Crippen LogP contribution >= 0.6 is 0 Å². The highest BCUT2D eigenvalue weighted by atomic mass is 16.6. The van der Waals surface area contributed by atoms with Crippen molar-refractivity contribution >= 4 is 17.5 Å². The number of nitrogens with zero attached hydrogens (tertiary/aromatic N) is 1. The Morgan fingerprint density at radius 2 is 1.61 bits per heavy atom. The molecule has 0 radical (unpaired) electrons. The van der Waals surface area contributed by atoms with Gasteiger partial charge >= 0.3 is 5.97 Å². The summed E-state index contributed by atoms with van der Waals surface area (Å²) in [6, 6.07) is 21.6. The number of para-hydroxylation sites is 1. The lowest BCUT2D eigenvalue weighted by molar-refractivity contribution is -0.147. The highest BCUT2D eigenvalue weighted by Crippen LogP contribution is 2.47. The van der Waals surface area contributed by atoms with Gasteiger partial charge in [-0.15, -0.1) is 0 Å². The van der Waals surface area contributed by atoms with Gasteiger partial charge in [-0.25, -0.2) is 0 Å². The lowest BCUT2D eigenvalue weighted by Gasteiger charge is -2.36. The molecular formula is C33H33NO7. The largest absolute Gasteiger partial charge is 0.508 e. The van der Waals surface area contributed by atoms with E-state index in [0.717, 1.165) is 11.1 Å². The summed E-state index contributed by atoms with van der Waals surface area (Å²) in [4.78, 5) is 32.1. The van der Waals surface area contributed by atoms with Crippen molar-refractivity contribution in [2.24, 2.45) is 10.9 Å². The number of esters is 1. The van der Waals surface area contributed by atoms with Crippen LogP contribution < -0.4 is 14.2 Å². The molecule has 0 saturated heterocycles. The van der Waals surface area contributed by atoms with Crippen molar-refractivity contribution in [3.8, 4) is 23.0 Å². The van der Waals surface area contributed by atoms with E-state index in [0.29, 0.717) is 40.7 Å². The van der Waals surface area contributed by atoms with E-state index in [9.17, 15) is 14.7 Å². The van der Waals surface area contributed by atoms with Gasteiger partial charge in [-0.1, -0.05) is 36.4 Å². The van der Waals surface area contributed by atoms with Crippen molar-refractivity contribution in [2.45, 2.75) is 31.6 Å². The minimum atomic E-state index is -0.781. The number of aromatic hydroxyl groups is 1. The molecule has 0 spiro atoms. The molecule has 0 aromatic heterocycles. The van der Waals surface area contributed by atoms with Gasteiger partial charge in [-0.3, -0.25) is 14.6 Å². The van der Waals surface area contributed by atoms with E-state index in [1.54, 1.807) is 45.4 Å². The maximum Gasteiger partial charge on any atom is 0.315 e. The number of ether oxygens (including phenoxy) is 4. The Kier molecular flexibility index (Phi) is 8.38. The fourth-order valence-corrected chi connectivity index (χ4v) is 5.66. The van der Waals surface area contributed by atoms with Crippen molar-refractivity contribution in [2.75, 3.05) is 27.4 Å². The van der Waals surface area contributed by atoms with Crippen molar-refractivity contribution in [1.29, 1.82) is 0 Å². The molecular weight excluding hydrogens is 522 g/mol. The zero-order valence-electron chi connectivity index (χ0n) is 23.3. The molecule has 1 aliphatic heterocycles. The number of Topliss-reactive ketones (excluding diaryl/α,β-unsaturated/α-hetero) is 1. The first-order valence-corrected chi connectivity index (χ1v) is 13.6. The number of allylic oxidation sites excluding steroid dienone is 2. The predicted octanol–water partition coefficient (Wildman–Crippen LogP) is 5.61. The first-order valence-electron chi connectivity index (χ1n) is 13.6. The molecule has 3 atom stereocenters. The number of methoxy groups -OCH3 is 2. The number of hydrogen-bond acceptors (Lipinski definition) is 8. The summed E-state index contributed by atoms with van der Waals surface area (Å²) in [6.07, 6.45) is 0.805. The molecule has 3 aromatic rings. The van der Waals surface area contributed by atoms with Crippen LogP contribution in [0.2, 0.25) is 0 Å². The predicted molar refractivity (Wildman–Crippen MR) is 154 cm³/mol. The van der Waals surface area contributed by atoms with Crippen LogP contribution in [0, 0.1) is 5.92 Å². The van der Waals surface area contributed by atoms with Gasteiger partial charge in [0.2, 0.25) is 0 Å². The minimum Gasteiger partial charge on any atom is -0.508 e. The molecule has 212 valence electrons. The third-order valence-corrected chi connectivity index (χ3v) is 7.61. The fourth-order valence-electron chi connectivity index (χ4n) is 5.66. The average molecular weight is 556 g/mol. The van der Waals surface area contributed by atoms with Crippen LogP contribution in [-0.2, 0) is 14.3 Å². The summed E-state index contributed by atoms with van der Waals surface area (Å²) in [5.74, 6) is 0.0115. The molecule has 2 aliphatic rings. The van der Waals surface area contributed by atoms with E-state index < -0.39 is 17.8 Å². The van der Waals surface area contributed by atoms with Gasteiger partial charge < -0.3 is 24.1 Å². The second kappa shape index (κ2) is 12.3. The van der Waals surface area contributed by atoms with Crippen LogP contribution in [0.25, 0.3) is 0 Å². The third-order valence-electron chi connectivity index (χ3n) is 7.61. The van der Waals surface area contributed by atoms with Gasteiger partial charge in [0, 0.05) is 29.3 Å². The number of rotatable bonds is 9. The molecule has 3 aromatic carbocycles. The molecule has 8 nitrogen and oxygen atoms in total. The summed E-state index contributed by atoms with van der Waals surface area (Å²) in [5, 5.41) is 9.92. The Balaban J connectivity index is 1.42. The number of benzene rings is 3. The lowest BCUT2D eigenvalue weighted by Crippen LogP contribution is -2.38. The van der Waals surface area contributed by atoms with Crippen LogP contribution in [0.5, 0.6) is 23.0 Å². The summed E-state index contributed by atoms with van der Waals surface area (Å²) < 4.78 is 22.2. The number of carbonyl (C=O) groups excluding carboxylic acids is 2. The van der Waals surface area contributed by atoms with E-state index in [1.165, 1.54) is 0 Å². The highest BCUT2D eigenvalue weighted by molar-refractivity contribution is 6.09. The van der Waals surface area contributed by atoms with E-state index in [-0.39, 0.29) is 37.1 Å². The van der Waals surface area contributed by atoms with E-state index in [4.69, 9.17) is 23.9 Å². The number of aliphatic imine (C=N–C) groups is 1. The Morgan fingerprint density at radius 1 is 0.902 bits per heavy atom. The van der Waals surface area contributed by atoms with Crippen molar-refractivity contribution < 1.29 is 33.6 Å². The van der Waals surface area contributed by atoms with Crippen LogP contribution in [-0.4, -0.2) is 50.0 Å². The first-order chi connectivity index (χ1) is 19.9. The summed E-state index contributed by atoms with van der Waals surface area (Å²) >= 11 is 0. The van der Waals surface area contributed by atoms with Crippen molar-refractivity contribution in [1.82, 2.24) is 0 Å². The summed E-state index contributed by atoms with van der Waals surface area (Å²) in [7, 11) is 3.16. The standard InChI is InChI=1S/C33H33NO7/c1-20-30(33(37)41-16-15-40-25-7-5-4-6-8-25)31(21-9-12-24(35)13-10-21)32-26(34-20)17-23(18-27(32)36)22-11-14-28(38-2)29(19-22)39-3/h4-14,19,23,30-31,35H,15-18H2,1-3H3/t23-,30?,31-/m0/s1. The monoisotopic (exact) mass is 555 g/mol. The molecule has 1 unspecified atom stereocenters. The van der Waals surface area contributed by atoms with Crippen LogP contribution in [0.4, 0.5) is 0 Å². The molecule has 1 heterocycles. The van der Waals surface area contributed by atoms with E-state index in [2.05, 4.69) is 0 Å². The molecule has 1 aliphatic carbocycles. The molecule has 1 N–H and O–H groups in total. The van der Waals surface area contributed by atoms with Gasteiger partial charge in [0.05, 0.1) is 14.2 Å². The normalized spacial score (nSPS) is 20.1. The Hall–Kier alpha value is -4.59. The molecule has 5 rings (SSSR count). The topological polar surface area (TPSA) is 104 Å². The van der Waals surface area contributed by atoms with Gasteiger partial charge in [-0.05, 0) is 66.8 Å². The number of hydrogen-bond donors (Lipinski definition) is 1. The van der Waals surface area contributed by atoms with Gasteiger partial charge in [0.15, 0.2) is 17.3 Å². The minimum absolute atomic E-state index is 0.0566. The van der Waals surface area contributed by atoms with Gasteiger partial charge in [0.1, 0.15) is 30.6 Å². The van der Waals surface area contributed by atoms with Crippen molar-refractivity contribution in [3.63, 3.8) is 0 Å². The molecule has 0 bridgehead atoms. The van der Waals surface area contributed by atoms with Gasteiger partial charge in [-0.2, -0.15) is 0 Å². The molecule has 41 heavy (non-hydrogen) atoms. The highest BCUT2D eigenvalue weighted by Gasteiger charge is 2.44. The molecule has 0 saturated carbocycles. The number of phenols is 1. The number of ketones is 1. The lowest BCUT2D eigenvalue weighted by atomic mass is 9.69. The number of phenolic OH excluding ortho intramolecular Hbond substituents is 1. The zero-order valence-corrected chi connectivity index (χ0v) is 23.3. The van der Waals surface area contributed by atoms with E-state index in [1.807, 2.05) is 48.5 Å². The Morgan fingerprint density at radius 3 is 2.32 bits per heavy atom. The first kappa shape index (κ1) is 28.0. The Bertz CT molecular complexity index is 1480. The van der Waals surface area contributed by atoms with Crippen LogP contribution in [0.3, 0.4) is 0 Å². The maximum atomic E-state index is 13.8. The third kappa shape index (κ3) is 5.96. The molecule has 0 amide bonds. The maximum absolute atomic E-state index is 13.8. The second-order valence-corrected chi connectivity index (χ2v) is 10.1. The molecule has 8 heteroatoms. The van der Waals surface area contributed by atoms with Crippen molar-refractivity contribution in [3.05, 3.63) is 95.2 Å². The smallest absolute Gasteiger partial charge is 0.315 e. The second-order valence-electron chi connectivity index (χ2n) is 10.1.